The van der Waals surface area contributed by atoms with Crippen molar-refractivity contribution in [2.24, 2.45) is 0 Å². The Morgan fingerprint density at radius 1 is 1.25 bits per heavy atom. The summed E-state index contributed by atoms with van der Waals surface area (Å²) in [4.78, 5) is 20.1. The number of pyridine rings is 2. The molecule has 0 aromatic carbocycles. The van der Waals surface area contributed by atoms with Crippen LogP contribution in [0.1, 0.15) is 22.4 Å². The number of hydrogen-bond donors (Lipinski definition) is 0. The fourth-order valence-electron chi connectivity index (χ4n) is 2.75. The van der Waals surface area contributed by atoms with Crippen LogP contribution >= 0.6 is 0 Å². The molecule has 2 aromatic heterocycles. The second-order valence-electron chi connectivity index (χ2n) is 5.59. The summed E-state index contributed by atoms with van der Waals surface area (Å²) < 4.78 is 38.5. The number of hydrogen-bond acceptors (Lipinski definition) is 5. The van der Waals surface area contributed by atoms with Gasteiger partial charge in [0.15, 0.2) is 0 Å². The van der Waals surface area contributed by atoms with Crippen LogP contribution in [-0.2, 0) is 19.1 Å². The fourth-order valence-corrected chi connectivity index (χ4v) is 2.75. The maximum atomic E-state index is 12.8. The summed E-state index contributed by atoms with van der Waals surface area (Å²) in [6.45, 7) is 2.46. The van der Waals surface area contributed by atoms with Crippen molar-refractivity contribution in [3.63, 3.8) is 0 Å². The van der Waals surface area contributed by atoms with E-state index < -0.39 is 16.7 Å². The monoisotopic (exact) mass is 338 g/mol. The maximum absolute atomic E-state index is 12.8. The molecule has 0 saturated heterocycles. The Balaban J connectivity index is 1.91. The van der Waals surface area contributed by atoms with E-state index in [0.29, 0.717) is 35.6 Å². The smallest absolute Gasteiger partial charge is 0.352 e. The Morgan fingerprint density at radius 3 is 2.62 bits per heavy atom. The van der Waals surface area contributed by atoms with Gasteiger partial charge in [0, 0.05) is 37.5 Å². The first-order valence-corrected chi connectivity index (χ1v) is 7.16. The van der Waals surface area contributed by atoms with Gasteiger partial charge in [-0.1, -0.05) is 0 Å². The molecule has 0 unspecified atom stereocenters. The van der Waals surface area contributed by atoms with E-state index in [1.54, 1.807) is 6.92 Å². The average Bonchev–Trinajstić information content (AvgIpc) is 2.52. The molecule has 0 spiro atoms. The first kappa shape index (κ1) is 16.2. The van der Waals surface area contributed by atoms with Crippen molar-refractivity contribution in [2.75, 3.05) is 11.4 Å². The lowest BCUT2D eigenvalue weighted by atomic mass is 10.0. The van der Waals surface area contributed by atoms with Gasteiger partial charge in [0.05, 0.1) is 10.5 Å². The van der Waals surface area contributed by atoms with Gasteiger partial charge in [-0.15, -0.1) is 0 Å². The molecule has 0 radical (unpaired) electrons. The molecular weight excluding hydrogens is 325 g/mol. The number of nitrogens with zero attached hydrogens (tertiary/aromatic N) is 4. The third-order valence-electron chi connectivity index (χ3n) is 3.91. The van der Waals surface area contributed by atoms with Crippen LogP contribution in [0, 0.1) is 17.0 Å². The fraction of sp³-hybridized carbons (Fsp3) is 0.333. The van der Waals surface area contributed by atoms with Crippen molar-refractivity contribution in [1.82, 2.24) is 9.97 Å². The highest BCUT2D eigenvalue weighted by atomic mass is 19.4. The molecule has 0 atom stereocenters. The predicted molar refractivity (Wildman–Crippen MR) is 79.6 cm³/mol. The number of aryl methyl sites for hydroxylation is 1. The molecule has 0 amide bonds. The summed E-state index contributed by atoms with van der Waals surface area (Å²) in [7, 11) is 0. The van der Waals surface area contributed by atoms with Gasteiger partial charge in [0.2, 0.25) is 0 Å². The van der Waals surface area contributed by atoms with Gasteiger partial charge in [0.25, 0.3) is 5.69 Å². The number of alkyl halides is 3. The number of aromatic nitrogens is 2. The van der Waals surface area contributed by atoms with Crippen molar-refractivity contribution in [3.8, 4) is 0 Å². The third kappa shape index (κ3) is 3.01. The van der Waals surface area contributed by atoms with Gasteiger partial charge in [-0.3, -0.25) is 15.1 Å². The summed E-state index contributed by atoms with van der Waals surface area (Å²) >= 11 is 0. The molecule has 1 aliphatic heterocycles. The lowest BCUT2D eigenvalue weighted by molar-refractivity contribution is -0.385. The molecular formula is C15H13F3N4O2. The molecule has 126 valence electrons. The first-order chi connectivity index (χ1) is 11.3. The molecule has 6 nitrogen and oxygen atoms in total. The normalized spacial score (nSPS) is 14.4. The Hall–Kier alpha value is -2.71. The second kappa shape index (κ2) is 5.73. The van der Waals surface area contributed by atoms with Crippen LogP contribution in [0.3, 0.4) is 0 Å². The van der Waals surface area contributed by atoms with Crippen LogP contribution in [0.15, 0.2) is 24.5 Å². The minimum atomic E-state index is -4.44. The van der Waals surface area contributed by atoms with E-state index in [1.807, 2.05) is 4.90 Å². The zero-order valence-corrected chi connectivity index (χ0v) is 12.7. The van der Waals surface area contributed by atoms with Crippen LogP contribution in [0.5, 0.6) is 0 Å². The molecule has 0 fully saturated rings. The Labute approximate surface area is 135 Å². The lowest BCUT2D eigenvalue weighted by Gasteiger charge is -2.30. The average molecular weight is 338 g/mol. The quantitative estimate of drug-likeness (QED) is 0.621. The Morgan fingerprint density at radius 2 is 2.00 bits per heavy atom. The van der Waals surface area contributed by atoms with Crippen molar-refractivity contribution in [1.29, 1.82) is 0 Å². The van der Waals surface area contributed by atoms with E-state index in [0.717, 1.165) is 18.5 Å². The first-order valence-electron chi connectivity index (χ1n) is 7.16. The van der Waals surface area contributed by atoms with Crippen molar-refractivity contribution in [3.05, 3.63) is 57.0 Å². The minimum absolute atomic E-state index is 0.116. The largest absolute Gasteiger partial charge is 0.417 e. The van der Waals surface area contributed by atoms with Gasteiger partial charge in [-0.25, -0.2) is 4.98 Å². The Bertz CT molecular complexity index is 808. The molecule has 0 N–H and O–H groups in total. The van der Waals surface area contributed by atoms with E-state index in [4.69, 9.17) is 0 Å². The van der Waals surface area contributed by atoms with Gasteiger partial charge in [0.1, 0.15) is 12.0 Å². The number of rotatable bonds is 2. The second-order valence-corrected chi connectivity index (χ2v) is 5.59. The van der Waals surface area contributed by atoms with Crippen molar-refractivity contribution >= 4 is 11.5 Å². The number of halogens is 3. The molecule has 24 heavy (non-hydrogen) atoms. The molecule has 9 heteroatoms. The molecule has 2 aromatic rings. The molecule has 3 heterocycles. The molecule has 0 bridgehead atoms. The third-order valence-corrected chi connectivity index (χ3v) is 3.91. The lowest BCUT2D eigenvalue weighted by Crippen LogP contribution is -2.32. The van der Waals surface area contributed by atoms with Crippen LogP contribution in [0.25, 0.3) is 0 Å². The van der Waals surface area contributed by atoms with Gasteiger partial charge in [-0.05, 0) is 24.1 Å². The van der Waals surface area contributed by atoms with E-state index in [-0.39, 0.29) is 12.2 Å². The number of fused-ring (bicyclic) bond motifs is 1. The summed E-state index contributed by atoms with van der Waals surface area (Å²) in [5.74, 6) is 0.531. The SMILES string of the molecule is Cc1cc([N+](=O)[O-])cnc1N1CCc2ncc(C(F)(F)F)cc2C1. The Kier molecular flexibility index (Phi) is 3.86. The van der Waals surface area contributed by atoms with Gasteiger partial charge in [-0.2, -0.15) is 13.2 Å². The zero-order chi connectivity index (χ0) is 17.5. The van der Waals surface area contributed by atoms with Crippen LogP contribution in [0.2, 0.25) is 0 Å². The van der Waals surface area contributed by atoms with E-state index in [9.17, 15) is 23.3 Å². The minimum Gasteiger partial charge on any atom is -0.352 e. The molecule has 3 rings (SSSR count). The summed E-state index contributed by atoms with van der Waals surface area (Å²) in [5.41, 5.74) is 0.841. The number of anilines is 1. The highest BCUT2D eigenvalue weighted by Crippen LogP contribution is 2.32. The highest BCUT2D eigenvalue weighted by Gasteiger charge is 2.32. The maximum Gasteiger partial charge on any atom is 0.417 e. The van der Waals surface area contributed by atoms with Crippen LogP contribution in [-0.4, -0.2) is 21.4 Å². The van der Waals surface area contributed by atoms with Gasteiger partial charge >= 0.3 is 6.18 Å². The topological polar surface area (TPSA) is 72.2 Å². The summed E-state index contributed by atoms with van der Waals surface area (Å²) in [6, 6.07) is 2.51. The molecule has 1 aliphatic rings. The van der Waals surface area contributed by atoms with Crippen LogP contribution in [0.4, 0.5) is 24.7 Å². The summed E-state index contributed by atoms with van der Waals surface area (Å²) in [5, 5.41) is 10.8. The molecule has 0 saturated carbocycles. The molecule has 0 aliphatic carbocycles. The standard InChI is InChI=1S/C15H13F3N4O2/c1-9-4-12(22(23)24)7-20-14(9)21-3-2-13-10(8-21)5-11(6-19-13)15(16,17)18/h4-7H,2-3,8H2,1H3. The number of nitro groups is 1. The van der Waals surface area contributed by atoms with Crippen molar-refractivity contribution < 1.29 is 18.1 Å². The van der Waals surface area contributed by atoms with Gasteiger partial charge < -0.3 is 4.90 Å². The summed E-state index contributed by atoms with van der Waals surface area (Å²) in [6.07, 6.45) is -1.94. The van der Waals surface area contributed by atoms with E-state index in [2.05, 4.69) is 9.97 Å². The van der Waals surface area contributed by atoms with E-state index >= 15 is 0 Å². The van der Waals surface area contributed by atoms with E-state index in [1.165, 1.54) is 6.07 Å². The van der Waals surface area contributed by atoms with Crippen LogP contribution < -0.4 is 4.90 Å². The highest BCUT2D eigenvalue weighted by molar-refractivity contribution is 5.52. The van der Waals surface area contributed by atoms with Crippen molar-refractivity contribution in [2.45, 2.75) is 26.1 Å². The predicted octanol–water partition coefficient (Wildman–Crippen LogP) is 3.27. The zero-order valence-electron chi connectivity index (χ0n) is 12.7.